The van der Waals surface area contributed by atoms with Gasteiger partial charge in [-0.2, -0.15) is 0 Å². The van der Waals surface area contributed by atoms with Crippen LogP contribution in [-0.2, 0) is 4.79 Å². The third-order valence-corrected chi connectivity index (χ3v) is 3.49. The highest BCUT2D eigenvalue weighted by atomic mass is 16.5. The maximum absolute atomic E-state index is 12.0. The topological polar surface area (TPSA) is 55.4 Å². The van der Waals surface area contributed by atoms with Crippen molar-refractivity contribution in [1.82, 2.24) is 0 Å². The summed E-state index contributed by atoms with van der Waals surface area (Å²) in [7, 11) is 1.56. The van der Waals surface area contributed by atoms with Gasteiger partial charge in [0, 0.05) is 17.3 Å². The molecule has 1 N–H and O–H groups in total. The lowest BCUT2D eigenvalue weighted by molar-refractivity contribution is -0.111. The van der Waals surface area contributed by atoms with Crippen molar-refractivity contribution in [2.45, 2.75) is 13.8 Å². The van der Waals surface area contributed by atoms with Gasteiger partial charge in [0.25, 0.3) is 0 Å². The number of anilines is 1. The Labute approximate surface area is 135 Å². The second-order valence-electron chi connectivity index (χ2n) is 5.18. The highest BCUT2D eigenvalue weighted by Crippen LogP contribution is 2.19. The van der Waals surface area contributed by atoms with Crippen LogP contribution in [0.25, 0.3) is 0 Å². The molecule has 0 aromatic heterocycles. The number of nitrogens with one attached hydrogen (secondary N) is 1. The van der Waals surface area contributed by atoms with Gasteiger partial charge in [0.05, 0.1) is 7.11 Å². The molecule has 0 aliphatic rings. The summed E-state index contributed by atoms with van der Waals surface area (Å²) < 4.78 is 5.04. The first-order valence-electron chi connectivity index (χ1n) is 7.25. The second kappa shape index (κ2) is 7.40. The summed E-state index contributed by atoms with van der Waals surface area (Å²) in [6, 6.07) is 12.5. The Bertz CT molecular complexity index is 725. The number of para-hydroxylation sites is 1. The molecule has 4 heteroatoms. The number of rotatable bonds is 5. The highest BCUT2D eigenvalue weighted by molar-refractivity contribution is 6.10. The zero-order chi connectivity index (χ0) is 16.8. The van der Waals surface area contributed by atoms with Gasteiger partial charge in [-0.05, 0) is 55.3 Å². The number of amides is 1. The predicted octanol–water partition coefficient (Wildman–Crippen LogP) is 3.69. The number of methoxy groups -OCH3 is 1. The highest BCUT2D eigenvalue weighted by Gasteiger charge is 2.06. The number of ether oxygens (including phenoxy) is 1. The average Bonchev–Trinajstić information content (AvgIpc) is 2.56. The summed E-state index contributed by atoms with van der Waals surface area (Å²) in [5.74, 6) is 0.117. The van der Waals surface area contributed by atoms with E-state index in [4.69, 9.17) is 4.74 Å². The first-order valence-corrected chi connectivity index (χ1v) is 7.25. The molecule has 2 aromatic rings. The number of ketones is 1. The third-order valence-electron chi connectivity index (χ3n) is 3.49. The normalized spacial score (nSPS) is 10.6. The lowest BCUT2D eigenvalue weighted by Gasteiger charge is -2.09. The van der Waals surface area contributed by atoms with Crippen molar-refractivity contribution in [2.24, 2.45) is 0 Å². The van der Waals surface area contributed by atoms with Gasteiger partial charge in [0.15, 0.2) is 5.78 Å². The smallest absolute Gasteiger partial charge is 0.248 e. The van der Waals surface area contributed by atoms with Crippen molar-refractivity contribution in [1.29, 1.82) is 0 Å². The van der Waals surface area contributed by atoms with Gasteiger partial charge in [-0.3, -0.25) is 9.59 Å². The maximum atomic E-state index is 12.0. The van der Waals surface area contributed by atoms with Crippen LogP contribution in [0.4, 0.5) is 5.69 Å². The lowest BCUT2D eigenvalue weighted by Crippen LogP contribution is -2.11. The molecule has 2 aromatic carbocycles. The molecule has 0 saturated heterocycles. The standard InChI is InChI=1S/C19H19NO3/c1-13-5-4-6-14(2)19(13)20-18(22)12-11-17(21)15-7-9-16(23-3)10-8-15/h4-12H,1-3H3,(H,20,22). The molecule has 4 nitrogen and oxygen atoms in total. The van der Waals surface area contributed by atoms with Crippen LogP contribution in [0.2, 0.25) is 0 Å². The molecule has 0 unspecified atom stereocenters. The molecule has 0 bridgehead atoms. The van der Waals surface area contributed by atoms with E-state index >= 15 is 0 Å². The van der Waals surface area contributed by atoms with E-state index in [1.807, 2.05) is 32.0 Å². The molecule has 0 heterocycles. The van der Waals surface area contributed by atoms with E-state index in [0.29, 0.717) is 11.3 Å². The molecule has 1 amide bonds. The zero-order valence-electron chi connectivity index (χ0n) is 13.4. The van der Waals surface area contributed by atoms with Crippen LogP contribution in [0, 0.1) is 13.8 Å². The molecular formula is C19H19NO3. The van der Waals surface area contributed by atoms with E-state index in [2.05, 4.69) is 5.32 Å². The molecule has 0 aliphatic heterocycles. The Kier molecular flexibility index (Phi) is 5.31. The number of carbonyl (C=O) groups excluding carboxylic acids is 2. The van der Waals surface area contributed by atoms with Crippen LogP contribution in [0.1, 0.15) is 21.5 Å². The average molecular weight is 309 g/mol. The molecule has 0 saturated carbocycles. The van der Waals surface area contributed by atoms with Gasteiger partial charge in [-0.15, -0.1) is 0 Å². The van der Waals surface area contributed by atoms with Crippen molar-refractivity contribution in [3.05, 3.63) is 71.3 Å². The van der Waals surface area contributed by atoms with E-state index in [1.54, 1.807) is 31.4 Å². The van der Waals surface area contributed by atoms with E-state index in [-0.39, 0.29) is 11.7 Å². The number of benzene rings is 2. The van der Waals surface area contributed by atoms with E-state index < -0.39 is 0 Å². The minimum Gasteiger partial charge on any atom is -0.497 e. The molecule has 0 fully saturated rings. The molecule has 2 rings (SSSR count). The van der Waals surface area contributed by atoms with Crippen molar-refractivity contribution in [3.63, 3.8) is 0 Å². The first-order chi connectivity index (χ1) is 11.0. The van der Waals surface area contributed by atoms with Gasteiger partial charge in [0.2, 0.25) is 5.91 Å². The summed E-state index contributed by atoms with van der Waals surface area (Å²) in [4.78, 5) is 24.0. The van der Waals surface area contributed by atoms with Crippen LogP contribution in [0.5, 0.6) is 5.75 Å². The van der Waals surface area contributed by atoms with Crippen LogP contribution >= 0.6 is 0 Å². The summed E-state index contributed by atoms with van der Waals surface area (Å²) in [6.45, 7) is 3.85. The largest absolute Gasteiger partial charge is 0.497 e. The Morgan fingerprint density at radius 3 is 2.13 bits per heavy atom. The van der Waals surface area contributed by atoms with Gasteiger partial charge in [0.1, 0.15) is 5.75 Å². The molecule has 118 valence electrons. The minimum absolute atomic E-state index is 0.232. The molecular weight excluding hydrogens is 290 g/mol. The van der Waals surface area contributed by atoms with Gasteiger partial charge >= 0.3 is 0 Å². The van der Waals surface area contributed by atoms with Crippen molar-refractivity contribution < 1.29 is 14.3 Å². The zero-order valence-corrected chi connectivity index (χ0v) is 13.4. The van der Waals surface area contributed by atoms with Crippen molar-refractivity contribution in [2.75, 3.05) is 12.4 Å². The fourth-order valence-electron chi connectivity index (χ4n) is 2.18. The maximum Gasteiger partial charge on any atom is 0.248 e. The molecule has 0 spiro atoms. The fourth-order valence-corrected chi connectivity index (χ4v) is 2.18. The summed E-state index contributed by atoms with van der Waals surface area (Å²) in [5.41, 5.74) is 3.24. The number of hydrogen-bond donors (Lipinski definition) is 1. The molecule has 0 aliphatic carbocycles. The summed E-state index contributed by atoms with van der Waals surface area (Å²) in [6.07, 6.45) is 2.52. The Hall–Kier alpha value is -2.88. The molecule has 23 heavy (non-hydrogen) atoms. The number of aryl methyl sites for hydroxylation is 2. The van der Waals surface area contributed by atoms with Crippen molar-refractivity contribution >= 4 is 17.4 Å². The monoisotopic (exact) mass is 309 g/mol. The predicted molar refractivity (Wildman–Crippen MR) is 91.0 cm³/mol. The van der Waals surface area contributed by atoms with Crippen LogP contribution in [0.15, 0.2) is 54.6 Å². The Balaban J connectivity index is 2.04. The van der Waals surface area contributed by atoms with Gasteiger partial charge in [-0.25, -0.2) is 0 Å². The molecule has 0 radical (unpaired) electrons. The van der Waals surface area contributed by atoms with Gasteiger partial charge in [-0.1, -0.05) is 18.2 Å². The summed E-state index contributed by atoms with van der Waals surface area (Å²) >= 11 is 0. The Morgan fingerprint density at radius 1 is 0.957 bits per heavy atom. The third kappa shape index (κ3) is 4.30. The van der Waals surface area contributed by atoms with Gasteiger partial charge < -0.3 is 10.1 Å². The quantitative estimate of drug-likeness (QED) is 0.677. The van der Waals surface area contributed by atoms with E-state index in [0.717, 1.165) is 16.8 Å². The lowest BCUT2D eigenvalue weighted by atomic mass is 10.1. The SMILES string of the molecule is COc1ccc(C(=O)C=CC(=O)Nc2c(C)cccc2C)cc1. The van der Waals surface area contributed by atoms with Crippen LogP contribution in [-0.4, -0.2) is 18.8 Å². The number of hydrogen-bond acceptors (Lipinski definition) is 3. The van der Waals surface area contributed by atoms with Crippen molar-refractivity contribution in [3.8, 4) is 5.75 Å². The Morgan fingerprint density at radius 2 is 1.57 bits per heavy atom. The minimum atomic E-state index is -0.329. The molecule has 0 atom stereocenters. The fraction of sp³-hybridized carbons (Fsp3) is 0.158. The number of allylic oxidation sites excluding steroid dienone is 1. The van der Waals surface area contributed by atoms with E-state index in [1.165, 1.54) is 12.2 Å². The van der Waals surface area contributed by atoms with Crippen LogP contribution in [0.3, 0.4) is 0 Å². The first kappa shape index (κ1) is 16.5. The second-order valence-corrected chi connectivity index (χ2v) is 5.18. The van der Waals surface area contributed by atoms with E-state index in [9.17, 15) is 9.59 Å². The summed E-state index contributed by atoms with van der Waals surface area (Å²) in [5, 5.41) is 2.81. The number of carbonyl (C=O) groups is 2. The van der Waals surface area contributed by atoms with Crippen LogP contribution < -0.4 is 10.1 Å².